The minimum Gasteiger partial charge on any atom is -0.383 e. The first-order valence-electron chi connectivity index (χ1n) is 5.84. The highest BCUT2D eigenvalue weighted by molar-refractivity contribution is 7.09. The van der Waals surface area contributed by atoms with Gasteiger partial charge in [-0.25, -0.2) is 4.98 Å². The molecule has 0 aromatic carbocycles. The molecule has 18 heavy (non-hydrogen) atoms. The summed E-state index contributed by atoms with van der Waals surface area (Å²) >= 11 is 7.13. The van der Waals surface area contributed by atoms with Gasteiger partial charge < -0.3 is 10.1 Å². The van der Waals surface area contributed by atoms with Crippen molar-refractivity contribution < 1.29 is 9.53 Å². The lowest BCUT2D eigenvalue weighted by molar-refractivity contribution is -0.121. The number of halogens is 1. The quantitative estimate of drug-likeness (QED) is 0.784. The van der Waals surface area contributed by atoms with Gasteiger partial charge in [-0.3, -0.25) is 4.79 Å². The Morgan fingerprint density at radius 1 is 1.61 bits per heavy atom. The van der Waals surface area contributed by atoms with Crippen LogP contribution in [0.25, 0.3) is 0 Å². The van der Waals surface area contributed by atoms with E-state index in [1.54, 1.807) is 7.11 Å². The Balaban J connectivity index is 2.49. The van der Waals surface area contributed by atoms with Gasteiger partial charge in [0, 0.05) is 12.5 Å². The van der Waals surface area contributed by atoms with Gasteiger partial charge in [-0.2, -0.15) is 0 Å². The zero-order chi connectivity index (χ0) is 13.5. The van der Waals surface area contributed by atoms with E-state index >= 15 is 0 Å². The Hall–Kier alpha value is -0.650. The Morgan fingerprint density at radius 3 is 2.83 bits per heavy atom. The van der Waals surface area contributed by atoms with Crippen LogP contribution >= 0.6 is 22.9 Å². The molecule has 1 rings (SSSR count). The molecule has 1 N–H and O–H groups in total. The van der Waals surface area contributed by atoms with Crippen LogP contribution in [0.5, 0.6) is 0 Å². The number of thiazole rings is 1. The van der Waals surface area contributed by atoms with E-state index in [1.807, 2.05) is 5.38 Å². The van der Waals surface area contributed by atoms with Gasteiger partial charge in [-0.1, -0.05) is 13.8 Å². The van der Waals surface area contributed by atoms with Crippen LogP contribution in [0.2, 0.25) is 0 Å². The summed E-state index contributed by atoms with van der Waals surface area (Å²) in [6.45, 7) is 4.63. The molecule has 0 aliphatic rings. The minimum atomic E-state index is -0.0266. The Labute approximate surface area is 117 Å². The van der Waals surface area contributed by atoms with Gasteiger partial charge in [0.15, 0.2) is 0 Å². The number of carbonyl (C=O) groups excluding carboxylic acids is 1. The molecular weight excluding hydrogens is 272 g/mol. The van der Waals surface area contributed by atoms with E-state index in [4.69, 9.17) is 16.3 Å². The number of hydrogen-bond donors (Lipinski definition) is 1. The van der Waals surface area contributed by atoms with Crippen molar-refractivity contribution in [1.82, 2.24) is 10.3 Å². The lowest BCUT2D eigenvalue weighted by Gasteiger charge is -2.21. The van der Waals surface area contributed by atoms with Crippen LogP contribution in [-0.4, -0.2) is 30.6 Å². The standard InChI is InChI=1S/C12H19ClN2O2S/c1-8(2)10(6-17-3)15-11(16)4-12-14-9(5-13)7-18-12/h7-8,10H,4-6H2,1-3H3,(H,15,16). The van der Waals surface area contributed by atoms with E-state index in [0.717, 1.165) is 10.7 Å². The Bertz CT molecular complexity index is 382. The molecule has 1 aromatic heterocycles. The maximum absolute atomic E-state index is 11.9. The summed E-state index contributed by atoms with van der Waals surface area (Å²) in [5.74, 6) is 0.695. The third kappa shape index (κ3) is 4.92. The summed E-state index contributed by atoms with van der Waals surface area (Å²) in [5.41, 5.74) is 0.821. The summed E-state index contributed by atoms with van der Waals surface area (Å²) in [5, 5.41) is 5.64. The monoisotopic (exact) mass is 290 g/mol. The van der Waals surface area contributed by atoms with Crippen LogP contribution in [0.1, 0.15) is 24.5 Å². The van der Waals surface area contributed by atoms with Crippen molar-refractivity contribution in [3.8, 4) is 0 Å². The minimum absolute atomic E-state index is 0.0266. The third-order valence-electron chi connectivity index (χ3n) is 2.55. The highest BCUT2D eigenvalue weighted by atomic mass is 35.5. The number of aromatic nitrogens is 1. The first kappa shape index (κ1) is 15.4. The zero-order valence-electron chi connectivity index (χ0n) is 10.9. The Kier molecular flexibility index (Phi) is 6.60. The molecule has 6 heteroatoms. The number of methoxy groups -OCH3 is 1. The van der Waals surface area contributed by atoms with Crippen molar-refractivity contribution in [3.63, 3.8) is 0 Å². The van der Waals surface area contributed by atoms with E-state index in [0.29, 0.717) is 24.8 Å². The van der Waals surface area contributed by atoms with Crippen LogP contribution in [0.3, 0.4) is 0 Å². The SMILES string of the molecule is COCC(NC(=O)Cc1nc(CCl)cs1)C(C)C. The molecule has 4 nitrogen and oxygen atoms in total. The molecule has 0 aliphatic carbocycles. The highest BCUT2D eigenvalue weighted by Crippen LogP contribution is 2.12. The normalized spacial score (nSPS) is 12.7. The van der Waals surface area contributed by atoms with E-state index in [-0.39, 0.29) is 11.9 Å². The highest BCUT2D eigenvalue weighted by Gasteiger charge is 2.17. The second-order valence-electron chi connectivity index (χ2n) is 4.42. The number of rotatable bonds is 7. The van der Waals surface area contributed by atoms with Crippen LogP contribution < -0.4 is 5.32 Å². The molecule has 0 bridgehead atoms. The molecule has 1 aromatic rings. The number of amides is 1. The van der Waals surface area contributed by atoms with E-state index in [1.165, 1.54) is 11.3 Å². The summed E-state index contributed by atoms with van der Waals surface area (Å²) in [6.07, 6.45) is 0.300. The number of hydrogen-bond acceptors (Lipinski definition) is 4. The van der Waals surface area contributed by atoms with Crippen molar-refractivity contribution >= 4 is 28.8 Å². The predicted molar refractivity (Wildman–Crippen MR) is 74.0 cm³/mol. The van der Waals surface area contributed by atoms with Crippen LogP contribution in [0, 0.1) is 5.92 Å². The van der Waals surface area contributed by atoms with Crippen molar-refractivity contribution in [3.05, 3.63) is 16.1 Å². The molecule has 102 valence electrons. The van der Waals surface area contributed by atoms with Gasteiger partial charge in [0.1, 0.15) is 5.01 Å². The first-order valence-corrected chi connectivity index (χ1v) is 7.25. The van der Waals surface area contributed by atoms with Gasteiger partial charge >= 0.3 is 0 Å². The molecule has 0 saturated heterocycles. The fourth-order valence-electron chi connectivity index (χ4n) is 1.47. The van der Waals surface area contributed by atoms with Gasteiger partial charge in [0.25, 0.3) is 0 Å². The van der Waals surface area contributed by atoms with Crippen molar-refractivity contribution in [2.24, 2.45) is 5.92 Å². The van der Waals surface area contributed by atoms with Gasteiger partial charge in [-0.15, -0.1) is 22.9 Å². The molecule has 0 spiro atoms. The molecule has 1 unspecified atom stereocenters. The van der Waals surface area contributed by atoms with Crippen LogP contribution in [-0.2, 0) is 21.8 Å². The van der Waals surface area contributed by atoms with E-state index in [9.17, 15) is 4.79 Å². The molecule has 0 saturated carbocycles. The fourth-order valence-corrected chi connectivity index (χ4v) is 2.49. The average molecular weight is 291 g/mol. The van der Waals surface area contributed by atoms with E-state index in [2.05, 4.69) is 24.1 Å². The summed E-state index contributed by atoms with van der Waals surface area (Å²) in [7, 11) is 1.63. The van der Waals surface area contributed by atoms with Gasteiger partial charge in [-0.05, 0) is 5.92 Å². The van der Waals surface area contributed by atoms with Crippen molar-refractivity contribution in [1.29, 1.82) is 0 Å². The van der Waals surface area contributed by atoms with Gasteiger partial charge in [0.2, 0.25) is 5.91 Å². The Morgan fingerprint density at radius 2 is 2.33 bits per heavy atom. The first-order chi connectivity index (χ1) is 8.56. The largest absolute Gasteiger partial charge is 0.383 e. The van der Waals surface area contributed by atoms with Gasteiger partial charge in [0.05, 0.1) is 30.6 Å². The summed E-state index contributed by atoms with van der Waals surface area (Å²) in [4.78, 5) is 16.1. The van der Waals surface area contributed by atoms with E-state index < -0.39 is 0 Å². The molecule has 0 aliphatic heterocycles. The lowest BCUT2D eigenvalue weighted by Crippen LogP contribution is -2.42. The predicted octanol–water partition coefficient (Wildman–Crippen LogP) is 2.21. The fraction of sp³-hybridized carbons (Fsp3) is 0.667. The lowest BCUT2D eigenvalue weighted by atomic mass is 10.1. The topological polar surface area (TPSA) is 51.2 Å². The number of ether oxygens (including phenoxy) is 1. The number of carbonyl (C=O) groups is 1. The average Bonchev–Trinajstić information content (AvgIpc) is 2.76. The van der Waals surface area contributed by atoms with Crippen LogP contribution in [0.15, 0.2) is 5.38 Å². The maximum Gasteiger partial charge on any atom is 0.227 e. The number of nitrogens with one attached hydrogen (secondary N) is 1. The molecule has 1 heterocycles. The van der Waals surface area contributed by atoms with Crippen LogP contribution in [0.4, 0.5) is 0 Å². The summed E-state index contributed by atoms with van der Waals surface area (Å²) < 4.78 is 5.09. The zero-order valence-corrected chi connectivity index (χ0v) is 12.5. The maximum atomic E-state index is 11.9. The second kappa shape index (κ2) is 7.71. The molecule has 1 atom stereocenters. The molecule has 0 radical (unpaired) electrons. The third-order valence-corrected chi connectivity index (χ3v) is 3.72. The van der Waals surface area contributed by atoms with Crippen molar-refractivity contribution in [2.75, 3.05) is 13.7 Å². The summed E-state index contributed by atoms with van der Waals surface area (Å²) in [6, 6.07) is 0.0370. The van der Waals surface area contributed by atoms with Crippen molar-refractivity contribution in [2.45, 2.75) is 32.2 Å². The number of nitrogens with zero attached hydrogens (tertiary/aromatic N) is 1. The smallest absolute Gasteiger partial charge is 0.227 e. The molecule has 1 amide bonds. The second-order valence-corrected chi connectivity index (χ2v) is 5.63. The molecule has 0 fully saturated rings. The molecular formula is C12H19ClN2O2S. The number of alkyl halides is 1.